The molecule has 0 fully saturated rings. The summed E-state index contributed by atoms with van der Waals surface area (Å²) in [4.78, 5) is 15.8. The Morgan fingerprint density at radius 3 is 2.42 bits per heavy atom. The molecular formula is C25H18N2O4. The Labute approximate surface area is 179 Å². The number of fused-ring (bicyclic) bond motifs is 5. The molecule has 0 aliphatic carbocycles. The van der Waals surface area contributed by atoms with Gasteiger partial charge < -0.3 is 19.1 Å². The summed E-state index contributed by atoms with van der Waals surface area (Å²) in [5.74, 6) is 1.93. The number of ether oxygens (including phenoxy) is 3. The van der Waals surface area contributed by atoms with Crippen LogP contribution < -0.4 is 19.1 Å². The van der Waals surface area contributed by atoms with Gasteiger partial charge in [0.1, 0.15) is 31.0 Å². The van der Waals surface area contributed by atoms with Crippen molar-refractivity contribution in [1.29, 1.82) is 5.26 Å². The summed E-state index contributed by atoms with van der Waals surface area (Å²) >= 11 is 0. The highest BCUT2D eigenvalue weighted by Crippen LogP contribution is 2.54. The third-order valence-corrected chi connectivity index (χ3v) is 6.24. The van der Waals surface area contributed by atoms with Gasteiger partial charge in [0.15, 0.2) is 11.5 Å². The molecule has 0 N–H and O–H groups in total. The number of carbonyl (C=O) groups is 1. The lowest BCUT2D eigenvalue weighted by Crippen LogP contribution is -2.42. The van der Waals surface area contributed by atoms with Crippen LogP contribution in [0.5, 0.6) is 17.2 Å². The van der Waals surface area contributed by atoms with Crippen molar-refractivity contribution in [1.82, 2.24) is 0 Å². The molecular weight excluding hydrogens is 392 g/mol. The van der Waals surface area contributed by atoms with E-state index in [1.54, 1.807) is 12.1 Å². The molecule has 152 valence electrons. The van der Waals surface area contributed by atoms with E-state index in [4.69, 9.17) is 19.5 Å². The number of nitriles is 1. The summed E-state index contributed by atoms with van der Waals surface area (Å²) in [6.07, 6.45) is 0. The molecule has 3 aliphatic heterocycles. The number of para-hydroxylation sites is 1. The van der Waals surface area contributed by atoms with Gasteiger partial charge in [0.05, 0.1) is 18.2 Å². The molecule has 3 aromatic carbocycles. The van der Waals surface area contributed by atoms with Crippen molar-refractivity contribution in [3.05, 3.63) is 82.9 Å². The Hall–Kier alpha value is -3.98. The minimum Gasteiger partial charge on any atom is -0.491 e. The Morgan fingerprint density at radius 1 is 0.903 bits per heavy atom. The zero-order valence-corrected chi connectivity index (χ0v) is 16.6. The first kappa shape index (κ1) is 17.8. The summed E-state index contributed by atoms with van der Waals surface area (Å²) in [5, 5.41) is 9.05. The normalized spacial score (nSPS) is 20.2. The predicted molar refractivity (Wildman–Crippen MR) is 112 cm³/mol. The number of amides is 1. The minimum atomic E-state index is -0.908. The van der Waals surface area contributed by atoms with Gasteiger partial charge in [-0.15, -0.1) is 0 Å². The quantitative estimate of drug-likeness (QED) is 0.646. The zero-order valence-electron chi connectivity index (χ0n) is 16.6. The predicted octanol–water partition coefficient (Wildman–Crippen LogP) is 3.55. The van der Waals surface area contributed by atoms with Gasteiger partial charge in [0.2, 0.25) is 5.91 Å². The van der Waals surface area contributed by atoms with Crippen LogP contribution in [0.1, 0.15) is 22.3 Å². The molecule has 1 amide bonds. The fourth-order valence-electron chi connectivity index (χ4n) is 4.74. The SMILES string of the molecule is N#Cc1ccc(CN2C(=O)C3(COc4cc5c(cc43)OCCO5)c3ccccc32)cc1. The van der Waals surface area contributed by atoms with Gasteiger partial charge in [-0.05, 0) is 35.4 Å². The molecule has 0 bridgehead atoms. The van der Waals surface area contributed by atoms with Crippen LogP contribution >= 0.6 is 0 Å². The topological polar surface area (TPSA) is 71.8 Å². The lowest BCUT2D eigenvalue weighted by atomic mass is 9.77. The second-order valence-electron chi connectivity index (χ2n) is 7.90. The van der Waals surface area contributed by atoms with E-state index in [2.05, 4.69) is 6.07 Å². The van der Waals surface area contributed by atoms with E-state index in [-0.39, 0.29) is 12.5 Å². The van der Waals surface area contributed by atoms with Gasteiger partial charge in [-0.1, -0.05) is 30.3 Å². The Bertz CT molecular complexity index is 1260. The van der Waals surface area contributed by atoms with Crippen molar-refractivity contribution in [2.24, 2.45) is 0 Å². The zero-order chi connectivity index (χ0) is 21.0. The molecule has 1 unspecified atom stereocenters. The average Bonchev–Trinajstić information content (AvgIpc) is 3.30. The summed E-state index contributed by atoms with van der Waals surface area (Å²) in [7, 11) is 0. The first-order chi connectivity index (χ1) is 15.2. The Kier molecular flexibility index (Phi) is 3.75. The standard InChI is InChI=1S/C25H18N2O4/c26-13-16-5-7-17(8-6-16)14-27-20-4-2-1-3-18(20)25(24(27)28)15-31-21-12-23-22(11-19(21)25)29-9-10-30-23/h1-8,11-12H,9-10,14-15H2. The summed E-state index contributed by atoms with van der Waals surface area (Å²) < 4.78 is 17.5. The number of anilines is 1. The van der Waals surface area contributed by atoms with Crippen LogP contribution in [-0.2, 0) is 16.8 Å². The van der Waals surface area contributed by atoms with Crippen LogP contribution in [0.15, 0.2) is 60.7 Å². The van der Waals surface area contributed by atoms with Crippen molar-refractivity contribution in [2.75, 3.05) is 24.7 Å². The smallest absolute Gasteiger partial charge is 0.246 e. The number of benzene rings is 3. The number of nitrogens with zero attached hydrogens (tertiary/aromatic N) is 2. The molecule has 0 aromatic heterocycles. The highest BCUT2D eigenvalue weighted by atomic mass is 16.6. The van der Waals surface area contributed by atoms with E-state index in [0.29, 0.717) is 42.6 Å². The van der Waals surface area contributed by atoms with Crippen LogP contribution in [0.4, 0.5) is 5.69 Å². The van der Waals surface area contributed by atoms with Gasteiger partial charge >= 0.3 is 0 Å². The molecule has 0 saturated heterocycles. The second kappa shape index (κ2) is 6.51. The summed E-state index contributed by atoms with van der Waals surface area (Å²) in [6, 6.07) is 21.1. The summed E-state index contributed by atoms with van der Waals surface area (Å²) in [6.45, 7) is 1.64. The fraction of sp³-hybridized carbons (Fsp3) is 0.200. The van der Waals surface area contributed by atoms with Crippen LogP contribution in [0.2, 0.25) is 0 Å². The van der Waals surface area contributed by atoms with Crippen LogP contribution in [-0.4, -0.2) is 25.7 Å². The minimum absolute atomic E-state index is 0.0199. The van der Waals surface area contributed by atoms with Crippen molar-refractivity contribution >= 4 is 11.6 Å². The molecule has 1 atom stereocenters. The lowest BCUT2D eigenvalue weighted by molar-refractivity contribution is -0.122. The van der Waals surface area contributed by atoms with Gasteiger partial charge in [-0.3, -0.25) is 4.79 Å². The van der Waals surface area contributed by atoms with E-state index in [0.717, 1.165) is 22.4 Å². The second-order valence-corrected chi connectivity index (χ2v) is 7.90. The molecule has 3 aliphatic rings. The molecule has 3 aromatic rings. The highest BCUT2D eigenvalue weighted by Gasteiger charge is 2.57. The van der Waals surface area contributed by atoms with E-state index < -0.39 is 5.41 Å². The number of hydrogen-bond donors (Lipinski definition) is 0. The number of hydrogen-bond acceptors (Lipinski definition) is 5. The Balaban J connectivity index is 1.46. The fourth-order valence-corrected chi connectivity index (χ4v) is 4.74. The van der Waals surface area contributed by atoms with Crippen molar-refractivity contribution in [2.45, 2.75) is 12.0 Å². The van der Waals surface area contributed by atoms with E-state index in [1.807, 2.05) is 53.4 Å². The van der Waals surface area contributed by atoms with E-state index in [9.17, 15) is 4.79 Å². The molecule has 6 heteroatoms. The number of rotatable bonds is 2. The van der Waals surface area contributed by atoms with Gasteiger partial charge in [-0.2, -0.15) is 5.26 Å². The van der Waals surface area contributed by atoms with Gasteiger partial charge in [-0.25, -0.2) is 0 Å². The average molecular weight is 410 g/mol. The van der Waals surface area contributed by atoms with Gasteiger partial charge in [0, 0.05) is 17.3 Å². The first-order valence-electron chi connectivity index (χ1n) is 10.2. The van der Waals surface area contributed by atoms with E-state index >= 15 is 0 Å². The third kappa shape index (κ3) is 2.47. The maximum atomic E-state index is 14.0. The van der Waals surface area contributed by atoms with Crippen LogP contribution in [0.3, 0.4) is 0 Å². The molecule has 31 heavy (non-hydrogen) atoms. The molecule has 3 heterocycles. The van der Waals surface area contributed by atoms with Crippen LogP contribution in [0, 0.1) is 11.3 Å². The van der Waals surface area contributed by atoms with Crippen molar-refractivity contribution < 1.29 is 19.0 Å². The monoisotopic (exact) mass is 410 g/mol. The molecule has 1 spiro atoms. The van der Waals surface area contributed by atoms with E-state index in [1.165, 1.54) is 0 Å². The molecule has 6 rings (SSSR count). The van der Waals surface area contributed by atoms with Gasteiger partial charge in [0.25, 0.3) is 0 Å². The van der Waals surface area contributed by atoms with Crippen LogP contribution in [0.25, 0.3) is 0 Å². The third-order valence-electron chi connectivity index (χ3n) is 6.24. The molecule has 0 radical (unpaired) electrons. The highest BCUT2D eigenvalue weighted by molar-refractivity contribution is 6.11. The lowest BCUT2D eigenvalue weighted by Gasteiger charge is -2.24. The first-order valence-corrected chi connectivity index (χ1v) is 10.2. The Morgan fingerprint density at radius 2 is 1.65 bits per heavy atom. The maximum Gasteiger partial charge on any atom is 0.246 e. The maximum absolute atomic E-state index is 14.0. The molecule has 6 nitrogen and oxygen atoms in total. The molecule has 0 saturated carbocycles. The largest absolute Gasteiger partial charge is 0.491 e. The van der Waals surface area contributed by atoms with Crippen molar-refractivity contribution in [3.8, 4) is 23.3 Å². The summed E-state index contributed by atoms with van der Waals surface area (Å²) in [5.41, 5.74) is 3.27. The van der Waals surface area contributed by atoms with Crippen molar-refractivity contribution in [3.63, 3.8) is 0 Å². The number of carbonyl (C=O) groups excluding carboxylic acids is 1.